The van der Waals surface area contributed by atoms with E-state index >= 15 is 0 Å². The van der Waals surface area contributed by atoms with E-state index in [9.17, 15) is 9.59 Å². The van der Waals surface area contributed by atoms with E-state index in [1.165, 1.54) is 19.3 Å². The maximum Gasteiger partial charge on any atom is 0.309 e. The quantitative estimate of drug-likeness (QED) is 0.345. The van der Waals surface area contributed by atoms with Gasteiger partial charge in [0.15, 0.2) is 0 Å². The van der Waals surface area contributed by atoms with Crippen LogP contribution in [-0.4, -0.2) is 25.5 Å². The van der Waals surface area contributed by atoms with Gasteiger partial charge in [-0.05, 0) is 6.42 Å². The van der Waals surface area contributed by atoms with Crippen LogP contribution in [0, 0.1) is 0 Å². The molecule has 0 bridgehead atoms. The molecule has 1 N–H and O–H groups in total. The number of carbonyl (C=O) groups is 1. The van der Waals surface area contributed by atoms with Gasteiger partial charge in [-0.25, -0.2) is 0 Å². The number of ether oxygens (including phenoxy) is 1. The number of carbonyl (C=O) groups excluding carboxylic acids is 2. The Hall–Kier alpha value is -1.06. The van der Waals surface area contributed by atoms with Gasteiger partial charge in [0, 0.05) is 6.54 Å². The number of hydrogen-bond acceptors (Lipinski definition) is 3. The first-order chi connectivity index (χ1) is 6.81. The van der Waals surface area contributed by atoms with E-state index in [-0.39, 0.29) is 12.4 Å². The molecule has 81 valence electrons. The molecule has 4 nitrogen and oxygen atoms in total. The zero-order chi connectivity index (χ0) is 10.6. The highest BCUT2D eigenvalue weighted by Gasteiger charge is 2.00. The van der Waals surface area contributed by atoms with Crippen LogP contribution in [0.2, 0.25) is 0 Å². The van der Waals surface area contributed by atoms with E-state index in [1.807, 2.05) is 0 Å². The molecular weight excluding hydrogens is 182 g/mol. The van der Waals surface area contributed by atoms with Crippen molar-refractivity contribution in [3.8, 4) is 0 Å². The van der Waals surface area contributed by atoms with Gasteiger partial charge in [0.1, 0.15) is 0 Å². The molecule has 1 radical (unpaired) electrons. The topological polar surface area (TPSA) is 55.4 Å². The molecule has 0 saturated carbocycles. The second-order valence-electron chi connectivity index (χ2n) is 3.06. The fourth-order valence-corrected chi connectivity index (χ4v) is 1.00. The zero-order valence-corrected chi connectivity index (χ0v) is 8.67. The van der Waals surface area contributed by atoms with Crippen LogP contribution in [-0.2, 0) is 14.3 Å². The van der Waals surface area contributed by atoms with Gasteiger partial charge in [-0.2, -0.15) is 0 Å². The summed E-state index contributed by atoms with van der Waals surface area (Å²) in [7, 11) is 0. The SMILES string of the molecule is CCCCCCOC(=O)CCN[C]=O. The van der Waals surface area contributed by atoms with Crippen molar-refractivity contribution < 1.29 is 14.3 Å². The lowest BCUT2D eigenvalue weighted by Crippen LogP contribution is -2.17. The largest absolute Gasteiger partial charge is 0.466 e. The van der Waals surface area contributed by atoms with E-state index in [4.69, 9.17) is 4.74 Å². The predicted molar refractivity (Wildman–Crippen MR) is 53.4 cm³/mol. The molecule has 0 aliphatic rings. The number of rotatable bonds is 9. The Balaban J connectivity index is 3.14. The molecule has 1 amide bonds. The Morgan fingerprint density at radius 3 is 2.79 bits per heavy atom. The maximum absolute atomic E-state index is 11.0. The Labute approximate surface area is 85.0 Å². The Morgan fingerprint density at radius 2 is 2.14 bits per heavy atom. The van der Waals surface area contributed by atoms with Crippen molar-refractivity contribution in [2.24, 2.45) is 0 Å². The number of nitrogens with one attached hydrogen (secondary N) is 1. The average Bonchev–Trinajstić information content (AvgIpc) is 2.18. The first kappa shape index (κ1) is 12.9. The minimum atomic E-state index is -0.260. The van der Waals surface area contributed by atoms with Crippen molar-refractivity contribution in [2.45, 2.75) is 39.0 Å². The Kier molecular flexibility index (Phi) is 9.26. The van der Waals surface area contributed by atoms with Crippen LogP contribution in [0.25, 0.3) is 0 Å². The van der Waals surface area contributed by atoms with Gasteiger partial charge in [0.2, 0.25) is 0 Å². The van der Waals surface area contributed by atoms with E-state index < -0.39 is 0 Å². The molecule has 0 aromatic rings. The molecule has 0 atom stereocenters. The van der Waals surface area contributed by atoms with Crippen molar-refractivity contribution in [3.05, 3.63) is 0 Å². The van der Waals surface area contributed by atoms with Crippen molar-refractivity contribution in [1.29, 1.82) is 0 Å². The van der Waals surface area contributed by atoms with Crippen LogP contribution in [0.1, 0.15) is 39.0 Å². The van der Waals surface area contributed by atoms with E-state index in [0.29, 0.717) is 13.2 Å². The summed E-state index contributed by atoms with van der Waals surface area (Å²) in [5.74, 6) is -0.260. The zero-order valence-electron chi connectivity index (χ0n) is 8.67. The van der Waals surface area contributed by atoms with Crippen LogP contribution >= 0.6 is 0 Å². The second kappa shape index (κ2) is 10.0. The standard InChI is InChI=1S/C10H18NO3/c1-2-3-4-5-8-14-10(13)6-7-11-9-12/h2-8H2,1H3,(H,11,12). The Bertz CT molecular complexity index is 159. The van der Waals surface area contributed by atoms with Crippen LogP contribution in [0.3, 0.4) is 0 Å². The molecule has 0 saturated heterocycles. The summed E-state index contributed by atoms with van der Waals surface area (Å²) in [6.45, 7) is 2.93. The van der Waals surface area contributed by atoms with Crippen molar-refractivity contribution in [3.63, 3.8) is 0 Å². The molecule has 0 rings (SSSR count). The third kappa shape index (κ3) is 9.03. The monoisotopic (exact) mass is 200 g/mol. The lowest BCUT2D eigenvalue weighted by atomic mass is 10.2. The number of unbranched alkanes of at least 4 members (excludes halogenated alkanes) is 3. The van der Waals surface area contributed by atoms with Crippen LogP contribution in [0.15, 0.2) is 0 Å². The first-order valence-electron chi connectivity index (χ1n) is 5.07. The lowest BCUT2D eigenvalue weighted by molar-refractivity contribution is -0.143. The molecule has 0 aliphatic heterocycles. The molecule has 0 spiro atoms. The number of amides is 1. The predicted octanol–water partition coefficient (Wildman–Crippen LogP) is 1.16. The maximum atomic E-state index is 11.0. The molecule has 0 unspecified atom stereocenters. The lowest BCUT2D eigenvalue weighted by Gasteiger charge is -2.03. The van der Waals surface area contributed by atoms with Gasteiger partial charge in [0.05, 0.1) is 13.0 Å². The van der Waals surface area contributed by atoms with Gasteiger partial charge < -0.3 is 10.1 Å². The van der Waals surface area contributed by atoms with Gasteiger partial charge in [-0.1, -0.05) is 26.2 Å². The highest BCUT2D eigenvalue weighted by molar-refractivity contribution is 5.69. The fraction of sp³-hybridized carbons (Fsp3) is 0.800. The van der Waals surface area contributed by atoms with Crippen LogP contribution < -0.4 is 5.32 Å². The first-order valence-corrected chi connectivity index (χ1v) is 5.07. The molecule has 0 aliphatic carbocycles. The van der Waals surface area contributed by atoms with Gasteiger partial charge >= 0.3 is 12.4 Å². The summed E-state index contributed by atoms with van der Waals surface area (Å²) < 4.78 is 4.93. The average molecular weight is 200 g/mol. The molecule has 0 aromatic heterocycles. The highest BCUT2D eigenvalue weighted by atomic mass is 16.5. The van der Waals surface area contributed by atoms with Crippen molar-refractivity contribution in [1.82, 2.24) is 5.32 Å². The minimum Gasteiger partial charge on any atom is -0.466 e. The summed E-state index contributed by atoms with van der Waals surface area (Å²) in [4.78, 5) is 20.7. The molecule has 0 aromatic carbocycles. The number of hydrogen-bond donors (Lipinski definition) is 1. The van der Waals surface area contributed by atoms with E-state index in [0.717, 1.165) is 12.8 Å². The summed E-state index contributed by atoms with van der Waals surface area (Å²) in [6.07, 6.45) is 6.10. The molecule has 0 fully saturated rings. The third-order valence-electron chi connectivity index (χ3n) is 1.79. The summed E-state index contributed by atoms with van der Waals surface area (Å²) in [5.41, 5.74) is 0. The van der Waals surface area contributed by atoms with Crippen molar-refractivity contribution >= 4 is 12.4 Å². The van der Waals surface area contributed by atoms with E-state index in [2.05, 4.69) is 12.2 Å². The highest BCUT2D eigenvalue weighted by Crippen LogP contribution is 1.99. The third-order valence-corrected chi connectivity index (χ3v) is 1.79. The summed E-state index contributed by atoms with van der Waals surface area (Å²) in [5, 5.41) is 2.28. The molecule has 0 heterocycles. The van der Waals surface area contributed by atoms with Gasteiger partial charge in [0.25, 0.3) is 0 Å². The van der Waals surface area contributed by atoms with Gasteiger partial charge in [-0.15, -0.1) is 0 Å². The summed E-state index contributed by atoms with van der Waals surface area (Å²) in [6, 6.07) is 0. The summed E-state index contributed by atoms with van der Waals surface area (Å²) >= 11 is 0. The molecule has 14 heavy (non-hydrogen) atoms. The van der Waals surface area contributed by atoms with E-state index in [1.54, 1.807) is 0 Å². The van der Waals surface area contributed by atoms with Crippen LogP contribution in [0.4, 0.5) is 0 Å². The normalized spacial score (nSPS) is 9.50. The fourth-order valence-electron chi connectivity index (χ4n) is 1.00. The number of esters is 1. The Morgan fingerprint density at radius 1 is 1.36 bits per heavy atom. The van der Waals surface area contributed by atoms with Crippen molar-refractivity contribution in [2.75, 3.05) is 13.2 Å². The second-order valence-corrected chi connectivity index (χ2v) is 3.06. The molecular formula is C10H18NO3. The minimum absolute atomic E-state index is 0.225. The smallest absolute Gasteiger partial charge is 0.309 e. The molecule has 4 heteroatoms. The van der Waals surface area contributed by atoms with Crippen LogP contribution in [0.5, 0.6) is 0 Å². The van der Waals surface area contributed by atoms with Gasteiger partial charge in [-0.3, -0.25) is 9.59 Å².